The summed E-state index contributed by atoms with van der Waals surface area (Å²) < 4.78 is 0. The molecule has 3 unspecified atom stereocenters. The second-order valence-corrected chi connectivity index (χ2v) is 7.55. The Hall–Kier alpha value is -0.0400. The zero-order valence-electron chi connectivity index (χ0n) is 11.9. The normalized spacial score (nSPS) is 42.0. The van der Waals surface area contributed by atoms with Crippen LogP contribution < -0.4 is 5.32 Å². The fraction of sp³-hybridized carbons (Fsp3) is 1.00. The van der Waals surface area contributed by atoms with Crippen LogP contribution >= 0.6 is 0 Å². The highest BCUT2D eigenvalue weighted by Crippen LogP contribution is 2.63. The molecule has 0 aromatic heterocycles. The molecular formula is C15H29N. The van der Waals surface area contributed by atoms with Crippen molar-refractivity contribution < 1.29 is 0 Å². The summed E-state index contributed by atoms with van der Waals surface area (Å²) in [5, 5.41) is 3.94. The standard InChI is InChI=1S/C15H29N/c1-10-7-8-12(11(2)9-10)16-13-14(3,4)15(13,5)6/h10-13,16H,7-9H2,1-6H3. The molecule has 0 aromatic carbocycles. The van der Waals surface area contributed by atoms with Crippen molar-refractivity contribution >= 4 is 0 Å². The Morgan fingerprint density at radius 3 is 1.94 bits per heavy atom. The summed E-state index contributed by atoms with van der Waals surface area (Å²) in [6, 6.07) is 1.49. The van der Waals surface area contributed by atoms with E-state index in [1.54, 1.807) is 0 Å². The average molecular weight is 223 g/mol. The van der Waals surface area contributed by atoms with E-state index in [-0.39, 0.29) is 0 Å². The van der Waals surface area contributed by atoms with E-state index < -0.39 is 0 Å². The summed E-state index contributed by atoms with van der Waals surface area (Å²) in [5.74, 6) is 1.80. The lowest BCUT2D eigenvalue weighted by atomic mass is 9.80. The third kappa shape index (κ3) is 1.81. The summed E-state index contributed by atoms with van der Waals surface area (Å²) in [5.41, 5.74) is 0.964. The van der Waals surface area contributed by atoms with Crippen LogP contribution in [0.25, 0.3) is 0 Å². The van der Waals surface area contributed by atoms with Crippen LogP contribution in [0.4, 0.5) is 0 Å². The molecule has 0 spiro atoms. The van der Waals surface area contributed by atoms with Gasteiger partial charge < -0.3 is 5.32 Å². The Morgan fingerprint density at radius 2 is 1.50 bits per heavy atom. The largest absolute Gasteiger partial charge is 0.310 e. The second kappa shape index (κ2) is 3.73. The predicted octanol–water partition coefficient (Wildman–Crippen LogP) is 3.84. The van der Waals surface area contributed by atoms with Gasteiger partial charge in [-0.2, -0.15) is 0 Å². The van der Waals surface area contributed by atoms with Gasteiger partial charge in [-0.15, -0.1) is 0 Å². The Kier molecular flexibility index (Phi) is 2.89. The molecule has 0 radical (unpaired) electrons. The first-order chi connectivity index (χ1) is 7.26. The molecule has 0 heterocycles. The molecule has 2 aliphatic rings. The Labute approximate surface area is 101 Å². The van der Waals surface area contributed by atoms with Gasteiger partial charge in [0.15, 0.2) is 0 Å². The summed E-state index contributed by atoms with van der Waals surface area (Å²) in [6.07, 6.45) is 4.20. The van der Waals surface area contributed by atoms with Crippen molar-refractivity contribution in [2.75, 3.05) is 0 Å². The van der Waals surface area contributed by atoms with Gasteiger partial charge in [-0.1, -0.05) is 41.5 Å². The van der Waals surface area contributed by atoms with Gasteiger partial charge in [-0.25, -0.2) is 0 Å². The van der Waals surface area contributed by atoms with Gasteiger partial charge in [-0.05, 0) is 41.9 Å². The smallest absolute Gasteiger partial charge is 0.0183 e. The van der Waals surface area contributed by atoms with Gasteiger partial charge >= 0.3 is 0 Å². The Balaban J connectivity index is 1.92. The van der Waals surface area contributed by atoms with Crippen LogP contribution in [0.5, 0.6) is 0 Å². The minimum atomic E-state index is 0.482. The molecule has 94 valence electrons. The first kappa shape index (κ1) is 12.4. The maximum atomic E-state index is 3.94. The monoisotopic (exact) mass is 223 g/mol. The number of nitrogens with one attached hydrogen (secondary N) is 1. The average Bonchev–Trinajstić information content (AvgIpc) is 2.52. The van der Waals surface area contributed by atoms with Crippen molar-refractivity contribution in [3.63, 3.8) is 0 Å². The lowest BCUT2D eigenvalue weighted by Gasteiger charge is -2.34. The van der Waals surface area contributed by atoms with E-state index in [9.17, 15) is 0 Å². The topological polar surface area (TPSA) is 12.0 Å². The highest BCUT2D eigenvalue weighted by atomic mass is 15.1. The molecule has 0 bridgehead atoms. The van der Waals surface area contributed by atoms with Gasteiger partial charge in [0.2, 0.25) is 0 Å². The van der Waals surface area contributed by atoms with E-state index in [0.717, 1.165) is 23.9 Å². The third-order valence-corrected chi connectivity index (χ3v) is 5.83. The van der Waals surface area contributed by atoms with E-state index in [1.807, 2.05) is 0 Å². The number of hydrogen-bond donors (Lipinski definition) is 1. The van der Waals surface area contributed by atoms with E-state index >= 15 is 0 Å². The van der Waals surface area contributed by atoms with Crippen molar-refractivity contribution in [2.45, 2.75) is 72.9 Å². The van der Waals surface area contributed by atoms with Gasteiger partial charge in [-0.3, -0.25) is 0 Å². The summed E-state index contributed by atoms with van der Waals surface area (Å²) in [7, 11) is 0. The molecule has 16 heavy (non-hydrogen) atoms. The molecule has 0 aromatic rings. The third-order valence-electron chi connectivity index (χ3n) is 5.83. The summed E-state index contributed by atoms with van der Waals surface area (Å²) >= 11 is 0. The molecule has 1 nitrogen and oxygen atoms in total. The molecule has 3 atom stereocenters. The first-order valence-corrected chi connectivity index (χ1v) is 7.03. The fourth-order valence-corrected chi connectivity index (χ4v) is 3.74. The lowest BCUT2D eigenvalue weighted by molar-refractivity contribution is 0.219. The maximum Gasteiger partial charge on any atom is 0.0183 e. The van der Waals surface area contributed by atoms with Crippen LogP contribution in [-0.2, 0) is 0 Å². The summed E-state index contributed by atoms with van der Waals surface area (Å²) in [4.78, 5) is 0. The van der Waals surface area contributed by atoms with E-state index in [1.165, 1.54) is 19.3 Å². The molecule has 2 rings (SSSR count). The Morgan fingerprint density at radius 1 is 0.938 bits per heavy atom. The highest BCUT2D eigenvalue weighted by molar-refractivity contribution is 5.18. The molecule has 2 fully saturated rings. The molecule has 2 saturated carbocycles. The highest BCUT2D eigenvalue weighted by Gasteiger charge is 2.65. The van der Waals surface area contributed by atoms with Crippen LogP contribution in [0.15, 0.2) is 0 Å². The molecule has 0 amide bonds. The van der Waals surface area contributed by atoms with Gasteiger partial charge in [0, 0.05) is 12.1 Å². The van der Waals surface area contributed by atoms with E-state index in [4.69, 9.17) is 0 Å². The lowest BCUT2D eigenvalue weighted by Crippen LogP contribution is -2.42. The van der Waals surface area contributed by atoms with E-state index in [2.05, 4.69) is 46.9 Å². The second-order valence-electron chi connectivity index (χ2n) is 7.55. The molecule has 0 saturated heterocycles. The zero-order valence-corrected chi connectivity index (χ0v) is 11.9. The van der Waals surface area contributed by atoms with Gasteiger partial charge in [0.05, 0.1) is 0 Å². The SMILES string of the molecule is CC1CCC(NC2C(C)(C)C2(C)C)C(C)C1. The minimum absolute atomic E-state index is 0.482. The van der Waals surface area contributed by atoms with Crippen LogP contribution in [-0.4, -0.2) is 12.1 Å². The van der Waals surface area contributed by atoms with Crippen LogP contribution in [0.3, 0.4) is 0 Å². The van der Waals surface area contributed by atoms with Crippen molar-refractivity contribution in [2.24, 2.45) is 22.7 Å². The number of hydrogen-bond acceptors (Lipinski definition) is 1. The van der Waals surface area contributed by atoms with Crippen LogP contribution in [0.1, 0.15) is 60.8 Å². The Bertz CT molecular complexity index is 253. The molecule has 0 aliphatic heterocycles. The van der Waals surface area contributed by atoms with Crippen LogP contribution in [0, 0.1) is 22.7 Å². The van der Waals surface area contributed by atoms with Gasteiger partial charge in [0.25, 0.3) is 0 Å². The van der Waals surface area contributed by atoms with Crippen molar-refractivity contribution in [1.29, 1.82) is 0 Å². The molecule has 2 aliphatic carbocycles. The molecule has 1 heteroatoms. The number of rotatable bonds is 2. The van der Waals surface area contributed by atoms with E-state index in [0.29, 0.717) is 10.8 Å². The van der Waals surface area contributed by atoms with Crippen molar-refractivity contribution in [1.82, 2.24) is 5.32 Å². The maximum absolute atomic E-state index is 3.94. The van der Waals surface area contributed by atoms with Gasteiger partial charge in [0.1, 0.15) is 0 Å². The quantitative estimate of drug-likeness (QED) is 0.750. The summed E-state index contributed by atoms with van der Waals surface area (Å²) in [6.45, 7) is 14.4. The first-order valence-electron chi connectivity index (χ1n) is 7.03. The minimum Gasteiger partial charge on any atom is -0.310 e. The zero-order chi connectivity index (χ0) is 12.1. The fourth-order valence-electron chi connectivity index (χ4n) is 3.74. The van der Waals surface area contributed by atoms with Crippen LogP contribution in [0.2, 0.25) is 0 Å². The predicted molar refractivity (Wildman–Crippen MR) is 70.5 cm³/mol. The van der Waals surface area contributed by atoms with Crippen molar-refractivity contribution in [3.05, 3.63) is 0 Å². The molecule has 1 N–H and O–H groups in total. The molecular weight excluding hydrogens is 194 g/mol. The van der Waals surface area contributed by atoms with Crippen molar-refractivity contribution in [3.8, 4) is 0 Å².